The number of amides is 2. The summed E-state index contributed by atoms with van der Waals surface area (Å²) in [5, 5.41) is 15.4. The molecule has 2 amide bonds. The monoisotopic (exact) mass is 345 g/mol. The SMILES string of the molecule is O=C(NC1CCCCC1)NC1CCN(Cc2ccc(CO)cc2)CC1. The van der Waals surface area contributed by atoms with Crippen LogP contribution in [-0.4, -0.2) is 41.2 Å². The Morgan fingerprint density at radius 3 is 2.08 bits per heavy atom. The molecule has 25 heavy (non-hydrogen) atoms. The van der Waals surface area contributed by atoms with E-state index in [4.69, 9.17) is 5.11 Å². The molecule has 1 aliphatic heterocycles. The van der Waals surface area contributed by atoms with Gasteiger partial charge in [-0.25, -0.2) is 4.79 Å². The molecule has 0 aromatic heterocycles. The second-order valence-electron chi connectivity index (χ2n) is 7.48. The van der Waals surface area contributed by atoms with Crippen molar-refractivity contribution in [2.75, 3.05) is 13.1 Å². The van der Waals surface area contributed by atoms with Gasteiger partial charge in [-0.3, -0.25) is 4.90 Å². The van der Waals surface area contributed by atoms with Gasteiger partial charge in [0.25, 0.3) is 0 Å². The van der Waals surface area contributed by atoms with Crippen molar-refractivity contribution >= 4 is 6.03 Å². The number of hydrogen-bond donors (Lipinski definition) is 3. The number of likely N-dealkylation sites (tertiary alicyclic amines) is 1. The Kier molecular flexibility index (Phi) is 6.70. The highest BCUT2D eigenvalue weighted by molar-refractivity contribution is 5.74. The number of carbonyl (C=O) groups is 1. The van der Waals surface area contributed by atoms with Crippen LogP contribution in [0.15, 0.2) is 24.3 Å². The molecule has 0 unspecified atom stereocenters. The number of piperidine rings is 1. The van der Waals surface area contributed by atoms with Gasteiger partial charge in [0, 0.05) is 31.7 Å². The van der Waals surface area contributed by atoms with Gasteiger partial charge >= 0.3 is 6.03 Å². The lowest BCUT2D eigenvalue weighted by Gasteiger charge is -2.33. The third kappa shape index (κ3) is 5.72. The van der Waals surface area contributed by atoms with Gasteiger partial charge in [-0.15, -0.1) is 0 Å². The normalized spacial score (nSPS) is 20.4. The van der Waals surface area contributed by atoms with E-state index in [-0.39, 0.29) is 18.7 Å². The lowest BCUT2D eigenvalue weighted by molar-refractivity contribution is 0.184. The summed E-state index contributed by atoms with van der Waals surface area (Å²) < 4.78 is 0. The predicted octanol–water partition coefficient (Wildman–Crippen LogP) is 2.78. The molecular weight excluding hydrogens is 314 g/mol. The Morgan fingerprint density at radius 2 is 1.48 bits per heavy atom. The Morgan fingerprint density at radius 1 is 0.920 bits per heavy atom. The fourth-order valence-electron chi connectivity index (χ4n) is 3.90. The maximum Gasteiger partial charge on any atom is 0.315 e. The average Bonchev–Trinajstić information content (AvgIpc) is 2.65. The summed E-state index contributed by atoms with van der Waals surface area (Å²) in [4.78, 5) is 14.6. The Labute approximate surface area is 150 Å². The second-order valence-corrected chi connectivity index (χ2v) is 7.48. The molecular formula is C20H31N3O2. The number of aliphatic hydroxyl groups is 1. The maximum absolute atomic E-state index is 12.2. The molecule has 1 aromatic rings. The third-order valence-corrected chi connectivity index (χ3v) is 5.47. The van der Waals surface area contributed by atoms with E-state index in [9.17, 15) is 4.79 Å². The summed E-state index contributed by atoms with van der Waals surface area (Å²) in [6.45, 7) is 3.05. The molecule has 1 saturated carbocycles. The van der Waals surface area contributed by atoms with E-state index in [1.165, 1.54) is 24.8 Å². The van der Waals surface area contributed by atoms with Crippen molar-refractivity contribution in [2.45, 2.75) is 70.2 Å². The molecule has 5 nitrogen and oxygen atoms in total. The van der Waals surface area contributed by atoms with Crippen LogP contribution in [0.25, 0.3) is 0 Å². The van der Waals surface area contributed by atoms with Gasteiger partial charge in [0.2, 0.25) is 0 Å². The Balaban J connectivity index is 1.36. The first kappa shape index (κ1) is 18.2. The summed E-state index contributed by atoms with van der Waals surface area (Å²) in [7, 11) is 0. The minimum Gasteiger partial charge on any atom is -0.392 e. The Hall–Kier alpha value is -1.59. The molecule has 2 aliphatic rings. The third-order valence-electron chi connectivity index (χ3n) is 5.47. The Bertz CT molecular complexity index is 532. The molecule has 0 spiro atoms. The van der Waals surface area contributed by atoms with E-state index in [1.807, 2.05) is 12.1 Å². The van der Waals surface area contributed by atoms with Crippen molar-refractivity contribution in [1.82, 2.24) is 15.5 Å². The summed E-state index contributed by atoms with van der Waals surface area (Å²) in [6.07, 6.45) is 8.05. The van der Waals surface area contributed by atoms with Gasteiger partial charge in [0.15, 0.2) is 0 Å². The zero-order valence-electron chi connectivity index (χ0n) is 15.0. The van der Waals surface area contributed by atoms with Crippen LogP contribution in [-0.2, 0) is 13.2 Å². The van der Waals surface area contributed by atoms with E-state index in [1.54, 1.807) is 0 Å². The summed E-state index contributed by atoms with van der Waals surface area (Å²) >= 11 is 0. The molecule has 138 valence electrons. The average molecular weight is 345 g/mol. The predicted molar refractivity (Wildman–Crippen MR) is 99.2 cm³/mol. The van der Waals surface area contributed by atoms with Gasteiger partial charge in [-0.05, 0) is 36.8 Å². The van der Waals surface area contributed by atoms with Gasteiger partial charge in [0.1, 0.15) is 0 Å². The minimum absolute atomic E-state index is 0.0185. The first-order valence-electron chi connectivity index (χ1n) is 9.71. The largest absolute Gasteiger partial charge is 0.392 e. The number of hydrogen-bond acceptors (Lipinski definition) is 3. The van der Waals surface area contributed by atoms with Crippen LogP contribution >= 0.6 is 0 Å². The van der Waals surface area contributed by atoms with Crippen molar-refractivity contribution in [2.24, 2.45) is 0 Å². The molecule has 5 heteroatoms. The summed E-state index contributed by atoms with van der Waals surface area (Å²) in [6, 6.07) is 8.83. The van der Waals surface area contributed by atoms with Crippen LogP contribution < -0.4 is 10.6 Å². The number of rotatable bonds is 5. The molecule has 0 radical (unpaired) electrons. The van der Waals surface area contributed by atoms with Crippen LogP contribution in [0.3, 0.4) is 0 Å². The van der Waals surface area contributed by atoms with Crippen LogP contribution in [0.5, 0.6) is 0 Å². The van der Waals surface area contributed by atoms with Crippen LogP contribution in [0.2, 0.25) is 0 Å². The van der Waals surface area contributed by atoms with Gasteiger partial charge in [0.05, 0.1) is 6.61 Å². The molecule has 0 bridgehead atoms. The summed E-state index contributed by atoms with van der Waals surface area (Å²) in [5.74, 6) is 0. The highest BCUT2D eigenvalue weighted by atomic mass is 16.3. The summed E-state index contributed by atoms with van der Waals surface area (Å²) in [5.41, 5.74) is 2.23. The van der Waals surface area contributed by atoms with Crippen LogP contribution in [0, 0.1) is 0 Å². The molecule has 0 atom stereocenters. The number of nitrogens with one attached hydrogen (secondary N) is 2. The van der Waals surface area contributed by atoms with Gasteiger partial charge < -0.3 is 15.7 Å². The highest BCUT2D eigenvalue weighted by Gasteiger charge is 2.22. The van der Waals surface area contributed by atoms with Crippen molar-refractivity contribution in [1.29, 1.82) is 0 Å². The highest BCUT2D eigenvalue weighted by Crippen LogP contribution is 2.18. The topological polar surface area (TPSA) is 64.6 Å². The first-order chi connectivity index (χ1) is 12.2. The molecule has 1 saturated heterocycles. The van der Waals surface area contributed by atoms with Crippen molar-refractivity contribution in [3.05, 3.63) is 35.4 Å². The molecule has 3 rings (SSSR count). The number of aliphatic hydroxyl groups excluding tert-OH is 1. The molecule has 2 fully saturated rings. The van der Waals surface area contributed by atoms with Gasteiger partial charge in [-0.1, -0.05) is 43.5 Å². The van der Waals surface area contributed by atoms with Crippen molar-refractivity contribution in [3.63, 3.8) is 0 Å². The number of nitrogens with zero attached hydrogens (tertiary/aromatic N) is 1. The lowest BCUT2D eigenvalue weighted by atomic mass is 9.96. The zero-order valence-corrected chi connectivity index (χ0v) is 15.0. The minimum atomic E-state index is 0.0185. The molecule has 1 aromatic carbocycles. The van der Waals surface area contributed by atoms with E-state index in [0.717, 1.165) is 50.9 Å². The van der Waals surface area contributed by atoms with Crippen LogP contribution in [0.1, 0.15) is 56.1 Å². The maximum atomic E-state index is 12.2. The standard InChI is InChI=1S/C20H31N3O2/c24-15-17-8-6-16(7-9-17)14-23-12-10-19(11-13-23)22-20(25)21-18-4-2-1-3-5-18/h6-9,18-19,24H,1-5,10-15H2,(H2,21,22,25). The smallest absolute Gasteiger partial charge is 0.315 e. The van der Waals surface area contributed by atoms with E-state index in [2.05, 4.69) is 27.7 Å². The quantitative estimate of drug-likeness (QED) is 0.769. The number of carbonyl (C=O) groups excluding carboxylic acids is 1. The number of urea groups is 1. The van der Waals surface area contributed by atoms with Crippen molar-refractivity contribution in [3.8, 4) is 0 Å². The lowest BCUT2D eigenvalue weighted by Crippen LogP contribution is -2.50. The first-order valence-corrected chi connectivity index (χ1v) is 9.71. The molecule has 3 N–H and O–H groups in total. The number of benzene rings is 1. The van der Waals surface area contributed by atoms with Gasteiger partial charge in [-0.2, -0.15) is 0 Å². The molecule has 1 heterocycles. The van der Waals surface area contributed by atoms with Crippen molar-refractivity contribution < 1.29 is 9.90 Å². The fraction of sp³-hybridized carbons (Fsp3) is 0.650. The van der Waals surface area contributed by atoms with E-state index in [0.29, 0.717) is 6.04 Å². The van der Waals surface area contributed by atoms with E-state index < -0.39 is 0 Å². The van der Waals surface area contributed by atoms with E-state index >= 15 is 0 Å². The fourth-order valence-corrected chi connectivity index (χ4v) is 3.90. The van der Waals surface area contributed by atoms with Crippen LogP contribution in [0.4, 0.5) is 4.79 Å². The molecule has 1 aliphatic carbocycles. The zero-order chi connectivity index (χ0) is 17.5. The second kappa shape index (κ2) is 9.20.